The number of fused-ring (bicyclic) bond motifs is 1. The van der Waals surface area contributed by atoms with E-state index >= 15 is 0 Å². The number of nitrogens with one attached hydrogen (secondary N) is 2. The van der Waals surface area contributed by atoms with E-state index in [1.165, 1.54) is 17.5 Å². The number of hydrogen-bond donors (Lipinski definition) is 2. The van der Waals surface area contributed by atoms with Crippen molar-refractivity contribution in [2.45, 2.75) is 18.9 Å². The van der Waals surface area contributed by atoms with Gasteiger partial charge in [-0.15, -0.1) is 0 Å². The Balaban J connectivity index is 1.84. The van der Waals surface area contributed by atoms with Crippen LogP contribution in [0.4, 0.5) is 5.13 Å². The quantitative estimate of drug-likeness (QED) is 0.893. The van der Waals surface area contributed by atoms with Gasteiger partial charge in [-0.3, -0.25) is 0 Å². The van der Waals surface area contributed by atoms with Crippen LogP contribution < -0.4 is 15.4 Å². The molecule has 1 unspecified atom stereocenters. The maximum Gasteiger partial charge on any atom is 0.184 e. The summed E-state index contributed by atoms with van der Waals surface area (Å²) in [5, 5.41) is 7.90. The molecule has 0 saturated carbocycles. The molecule has 1 atom stereocenters. The Morgan fingerprint density at radius 1 is 1.50 bits per heavy atom. The number of methoxy groups -OCH3 is 1. The van der Waals surface area contributed by atoms with Crippen molar-refractivity contribution in [2.75, 3.05) is 25.5 Å². The van der Waals surface area contributed by atoms with Crippen molar-refractivity contribution in [3.05, 3.63) is 18.2 Å². The standard InChI is InChI=1S/C13H17N3OS/c1-17-10-5-2-6-11-12(10)16-13(18-11)15-9-4-3-7-14-8-9/h2,5-6,9,14H,3-4,7-8H2,1H3,(H,15,16). The number of anilines is 1. The molecule has 1 aromatic carbocycles. The molecular formula is C13H17N3OS. The first-order valence-corrected chi connectivity index (χ1v) is 7.09. The second-order valence-electron chi connectivity index (χ2n) is 4.51. The molecule has 1 aliphatic rings. The Morgan fingerprint density at radius 3 is 3.22 bits per heavy atom. The maximum atomic E-state index is 5.33. The first-order chi connectivity index (χ1) is 8.86. The third kappa shape index (κ3) is 2.28. The van der Waals surface area contributed by atoms with Gasteiger partial charge in [0.2, 0.25) is 0 Å². The summed E-state index contributed by atoms with van der Waals surface area (Å²) in [6.07, 6.45) is 2.44. The van der Waals surface area contributed by atoms with Crippen molar-refractivity contribution >= 4 is 26.7 Å². The first kappa shape index (κ1) is 11.7. The SMILES string of the molecule is COc1cccc2sc(NC3CCCNC3)nc12. The summed E-state index contributed by atoms with van der Waals surface area (Å²) in [5.74, 6) is 0.846. The Hall–Kier alpha value is -1.33. The summed E-state index contributed by atoms with van der Waals surface area (Å²) in [6.45, 7) is 2.15. The number of para-hydroxylation sites is 1. The van der Waals surface area contributed by atoms with Gasteiger partial charge in [0.05, 0.1) is 11.8 Å². The number of aromatic nitrogens is 1. The van der Waals surface area contributed by atoms with E-state index in [9.17, 15) is 0 Å². The molecule has 0 amide bonds. The van der Waals surface area contributed by atoms with Crippen molar-refractivity contribution in [1.82, 2.24) is 10.3 Å². The third-order valence-electron chi connectivity index (χ3n) is 3.23. The summed E-state index contributed by atoms with van der Waals surface area (Å²) in [5.41, 5.74) is 0.955. The number of piperidine rings is 1. The minimum absolute atomic E-state index is 0.491. The lowest BCUT2D eigenvalue weighted by Gasteiger charge is -2.23. The van der Waals surface area contributed by atoms with Crippen molar-refractivity contribution in [2.24, 2.45) is 0 Å². The molecule has 4 nitrogen and oxygen atoms in total. The molecule has 0 bridgehead atoms. The van der Waals surface area contributed by atoms with E-state index in [2.05, 4.69) is 21.7 Å². The zero-order valence-corrected chi connectivity index (χ0v) is 11.2. The average Bonchev–Trinajstić information content (AvgIpc) is 2.82. The molecule has 96 valence electrons. The van der Waals surface area contributed by atoms with Crippen LogP contribution in [0.15, 0.2) is 18.2 Å². The molecular weight excluding hydrogens is 246 g/mol. The van der Waals surface area contributed by atoms with Gasteiger partial charge in [-0.2, -0.15) is 0 Å². The second kappa shape index (κ2) is 5.12. The van der Waals surface area contributed by atoms with Crippen LogP contribution in [-0.2, 0) is 0 Å². The number of hydrogen-bond acceptors (Lipinski definition) is 5. The fourth-order valence-electron chi connectivity index (χ4n) is 2.30. The zero-order chi connectivity index (χ0) is 12.4. The van der Waals surface area contributed by atoms with Crippen LogP contribution in [-0.4, -0.2) is 31.2 Å². The molecule has 0 aliphatic carbocycles. The Bertz CT molecular complexity index is 534. The van der Waals surface area contributed by atoms with Crippen molar-refractivity contribution in [3.63, 3.8) is 0 Å². The molecule has 1 fully saturated rings. The normalized spacial score (nSPS) is 19.9. The number of rotatable bonds is 3. The fourth-order valence-corrected chi connectivity index (χ4v) is 3.26. The summed E-state index contributed by atoms with van der Waals surface area (Å²) in [4.78, 5) is 4.63. The van der Waals surface area contributed by atoms with Crippen LogP contribution in [0.5, 0.6) is 5.75 Å². The van der Waals surface area contributed by atoms with Gasteiger partial charge in [-0.25, -0.2) is 4.98 Å². The largest absolute Gasteiger partial charge is 0.494 e. The van der Waals surface area contributed by atoms with E-state index in [0.29, 0.717) is 6.04 Å². The van der Waals surface area contributed by atoms with Crippen LogP contribution in [0.25, 0.3) is 10.2 Å². The lowest BCUT2D eigenvalue weighted by molar-refractivity contribution is 0.419. The van der Waals surface area contributed by atoms with E-state index < -0.39 is 0 Å². The van der Waals surface area contributed by atoms with E-state index in [4.69, 9.17) is 4.74 Å². The smallest absolute Gasteiger partial charge is 0.184 e. The fraction of sp³-hybridized carbons (Fsp3) is 0.462. The summed E-state index contributed by atoms with van der Waals surface area (Å²) in [6, 6.07) is 6.53. The van der Waals surface area contributed by atoms with Gasteiger partial charge in [0, 0.05) is 12.6 Å². The topological polar surface area (TPSA) is 46.2 Å². The number of ether oxygens (including phenoxy) is 1. The van der Waals surface area contributed by atoms with Crippen LogP contribution >= 0.6 is 11.3 Å². The predicted octanol–water partition coefficient (Wildman–Crippen LogP) is 2.47. The Morgan fingerprint density at radius 2 is 2.44 bits per heavy atom. The molecule has 2 N–H and O–H groups in total. The van der Waals surface area contributed by atoms with E-state index in [0.717, 1.165) is 29.5 Å². The number of nitrogens with zero attached hydrogens (tertiary/aromatic N) is 1. The summed E-state index contributed by atoms with van der Waals surface area (Å²) in [7, 11) is 1.69. The highest BCUT2D eigenvalue weighted by molar-refractivity contribution is 7.22. The van der Waals surface area contributed by atoms with Gasteiger partial charge in [-0.05, 0) is 31.5 Å². The predicted molar refractivity (Wildman–Crippen MR) is 75.7 cm³/mol. The van der Waals surface area contributed by atoms with Crippen LogP contribution in [0.3, 0.4) is 0 Å². The van der Waals surface area contributed by atoms with E-state index in [-0.39, 0.29) is 0 Å². The molecule has 1 aromatic heterocycles. The van der Waals surface area contributed by atoms with Crippen LogP contribution in [0, 0.1) is 0 Å². The molecule has 1 aliphatic heterocycles. The first-order valence-electron chi connectivity index (χ1n) is 6.27. The van der Waals surface area contributed by atoms with Gasteiger partial charge < -0.3 is 15.4 Å². The van der Waals surface area contributed by atoms with E-state index in [1.807, 2.05) is 12.1 Å². The Kier molecular flexibility index (Phi) is 3.34. The minimum atomic E-state index is 0.491. The van der Waals surface area contributed by atoms with Crippen molar-refractivity contribution < 1.29 is 4.74 Å². The van der Waals surface area contributed by atoms with Crippen LogP contribution in [0.1, 0.15) is 12.8 Å². The summed E-state index contributed by atoms with van der Waals surface area (Å²) >= 11 is 1.69. The zero-order valence-electron chi connectivity index (χ0n) is 10.4. The molecule has 2 heterocycles. The molecule has 0 spiro atoms. The highest BCUT2D eigenvalue weighted by Gasteiger charge is 2.15. The third-order valence-corrected chi connectivity index (χ3v) is 4.18. The molecule has 3 rings (SSSR count). The lowest BCUT2D eigenvalue weighted by Crippen LogP contribution is -2.38. The molecule has 18 heavy (non-hydrogen) atoms. The monoisotopic (exact) mass is 263 g/mol. The van der Waals surface area contributed by atoms with Gasteiger partial charge in [-0.1, -0.05) is 17.4 Å². The van der Waals surface area contributed by atoms with Gasteiger partial charge in [0.1, 0.15) is 11.3 Å². The van der Waals surface area contributed by atoms with E-state index in [1.54, 1.807) is 18.4 Å². The highest BCUT2D eigenvalue weighted by atomic mass is 32.1. The molecule has 0 radical (unpaired) electrons. The van der Waals surface area contributed by atoms with Gasteiger partial charge in [0.25, 0.3) is 0 Å². The van der Waals surface area contributed by atoms with Crippen LogP contribution in [0.2, 0.25) is 0 Å². The molecule has 1 saturated heterocycles. The van der Waals surface area contributed by atoms with Gasteiger partial charge in [0.15, 0.2) is 5.13 Å². The Labute approximate surface area is 110 Å². The van der Waals surface area contributed by atoms with Crippen molar-refractivity contribution in [1.29, 1.82) is 0 Å². The molecule has 5 heteroatoms. The van der Waals surface area contributed by atoms with Crippen molar-refractivity contribution in [3.8, 4) is 5.75 Å². The van der Waals surface area contributed by atoms with Gasteiger partial charge >= 0.3 is 0 Å². The molecule has 2 aromatic rings. The lowest BCUT2D eigenvalue weighted by atomic mass is 10.1. The summed E-state index contributed by atoms with van der Waals surface area (Å²) < 4.78 is 6.50. The minimum Gasteiger partial charge on any atom is -0.494 e. The highest BCUT2D eigenvalue weighted by Crippen LogP contribution is 2.32. The second-order valence-corrected chi connectivity index (χ2v) is 5.54. The maximum absolute atomic E-state index is 5.33. The number of thiazole rings is 1. The number of benzene rings is 1. The average molecular weight is 263 g/mol.